The minimum Gasteiger partial charge on any atom is -0.461 e. The third kappa shape index (κ3) is 2.32. The van der Waals surface area contributed by atoms with E-state index in [2.05, 4.69) is 6.58 Å². The van der Waals surface area contributed by atoms with Crippen molar-refractivity contribution < 1.29 is 43.2 Å². The molecule has 7 atom stereocenters. The van der Waals surface area contributed by atoms with Crippen LogP contribution in [0.3, 0.4) is 0 Å². The molecule has 7 unspecified atom stereocenters. The molecule has 0 aromatic heterocycles. The van der Waals surface area contributed by atoms with E-state index in [0.29, 0.717) is 5.57 Å². The smallest absolute Gasteiger partial charge is 0.344 e. The predicted molar refractivity (Wildman–Crippen MR) is 124 cm³/mol. The third-order valence-electron chi connectivity index (χ3n) is 9.80. The fraction of sp³-hybridized carbons (Fsp3) is 0.630. The lowest BCUT2D eigenvalue weighted by atomic mass is 9.38. The molecule has 5 rings (SSSR count). The van der Waals surface area contributed by atoms with Gasteiger partial charge in [-0.05, 0) is 46.6 Å². The normalized spacial score (nSPS) is 46.6. The first-order chi connectivity index (χ1) is 16.5. The number of hydrogen-bond donors (Lipinski definition) is 1. The van der Waals surface area contributed by atoms with Gasteiger partial charge in [0.05, 0.1) is 5.41 Å². The van der Waals surface area contributed by atoms with E-state index >= 15 is 0 Å². The number of ether oxygens (including phenoxy) is 4. The van der Waals surface area contributed by atoms with Crippen LogP contribution in [0.15, 0.2) is 35.5 Å². The number of carbonyl (C=O) groups is 4. The van der Waals surface area contributed by atoms with Gasteiger partial charge in [0.1, 0.15) is 28.8 Å². The van der Waals surface area contributed by atoms with Gasteiger partial charge in [0, 0.05) is 24.8 Å². The van der Waals surface area contributed by atoms with Crippen LogP contribution in [-0.2, 0) is 38.1 Å². The zero-order chi connectivity index (χ0) is 26.9. The molecule has 0 amide bonds. The maximum atomic E-state index is 13.8. The van der Waals surface area contributed by atoms with Crippen molar-refractivity contribution in [3.8, 4) is 0 Å². The Morgan fingerprint density at radius 2 is 1.78 bits per heavy atom. The van der Waals surface area contributed by atoms with Crippen molar-refractivity contribution in [2.45, 2.75) is 90.3 Å². The second kappa shape index (κ2) is 6.68. The largest absolute Gasteiger partial charge is 0.461 e. The fourth-order valence-corrected chi connectivity index (χ4v) is 8.11. The van der Waals surface area contributed by atoms with E-state index in [-0.39, 0.29) is 18.4 Å². The van der Waals surface area contributed by atoms with Crippen molar-refractivity contribution in [3.05, 3.63) is 35.5 Å². The Morgan fingerprint density at radius 3 is 2.36 bits per heavy atom. The number of fused-ring (bicyclic) bond motifs is 2. The Balaban J connectivity index is 1.90. The molecule has 0 radical (unpaired) electrons. The summed E-state index contributed by atoms with van der Waals surface area (Å²) in [6.07, 6.45) is 1.18. The quantitative estimate of drug-likeness (QED) is 0.328. The molecule has 0 aromatic rings. The molecular formula is C27H32O9. The van der Waals surface area contributed by atoms with Gasteiger partial charge in [0.2, 0.25) is 5.60 Å². The van der Waals surface area contributed by atoms with Crippen LogP contribution in [0.4, 0.5) is 0 Å². The molecule has 2 bridgehead atoms. The van der Waals surface area contributed by atoms with Crippen molar-refractivity contribution in [2.75, 3.05) is 0 Å². The molecule has 9 heteroatoms. The van der Waals surface area contributed by atoms with Crippen molar-refractivity contribution >= 4 is 23.9 Å². The molecule has 3 heterocycles. The number of hydrogen-bond acceptors (Lipinski definition) is 9. The Bertz CT molecular complexity index is 1230. The number of cyclic esters (lactones) is 2. The first-order valence-electron chi connectivity index (χ1n) is 12.1. The standard InChI is InChI=1S/C27H32O9/c1-13-17-11-24(8)14(2)26(20(30)33-15(3)27(26,32)21(31)36-24)23(17,7)12-18(34-16(4)28)25(13)10-9-19(29)35-22(25,5)6/h9-10,15,18,32H,2,11-12H2,1,3-8H3. The van der Waals surface area contributed by atoms with E-state index in [0.717, 1.165) is 5.57 Å². The summed E-state index contributed by atoms with van der Waals surface area (Å²) in [6.45, 7) is 15.8. The van der Waals surface area contributed by atoms with Crippen LogP contribution < -0.4 is 0 Å². The van der Waals surface area contributed by atoms with Gasteiger partial charge in [-0.25, -0.2) is 9.59 Å². The Labute approximate surface area is 209 Å². The number of rotatable bonds is 1. The average Bonchev–Trinajstić information content (AvgIpc) is 2.94. The van der Waals surface area contributed by atoms with Gasteiger partial charge in [-0.15, -0.1) is 0 Å². The Kier molecular flexibility index (Phi) is 4.59. The predicted octanol–water partition coefficient (Wildman–Crippen LogP) is 2.46. The topological polar surface area (TPSA) is 125 Å². The van der Waals surface area contributed by atoms with Crippen molar-refractivity contribution in [1.82, 2.24) is 0 Å². The van der Waals surface area contributed by atoms with Gasteiger partial charge in [-0.1, -0.05) is 30.7 Å². The van der Waals surface area contributed by atoms with Crippen LogP contribution in [0.1, 0.15) is 61.3 Å². The molecule has 1 N–H and O–H groups in total. The summed E-state index contributed by atoms with van der Waals surface area (Å²) in [5.41, 5.74) is -7.23. The highest BCUT2D eigenvalue weighted by Crippen LogP contribution is 2.75. The SMILES string of the molecule is C=C1C2(C)CC3=C(C)C4(C=CC(=O)OC4(C)C)C(OC(C)=O)CC3(C)C13C(=O)OC(C)C3(O)C(=O)O2. The summed E-state index contributed by atoms with van der Waals surface area (Å²) in [5, 5.41) is 12.0. The van der Waals surface area contributed by atoms with Crippen LogP contribution in [0.2, 0.25) is 0 Å². The summed E-state index contributed by atoms with van der Waals surface area (Å²) in [7, 11) is 0. The molecule has 5 aliphatic rings. The van der Waals surface area contributed by atoms with Crippen molar-refractivity contribution in [1.29, 1.82) is 0 Å². The third-order valence-corrected chi connectivity index (χ3v) is 9.80. The fourth-order valence-electron chi connectivity index (χ4n) is 8.11. The maximum absolute atomic E-state index is 13.8. The Morgan fingerprint density at radius 1 is 1.14 bits per heavy atom. The van der Waals surface area contributed by atoms with Gasteiger partial charge < -0.3 is 24.1 Å². The van der Waals surface area contributed by atoms with Crippen molar-refractivity contribution in [2.24, 2.45) is 16.2 Å². The minimum absolute atomic E-state index is 0.0388. The summed E-state index contributed by atoms with van der Waals surface area (Å²) in [5.74, 6) is -2.78. The maximum Gasteiger partial charge on any atom is 0.344 e. The second-order valence-electron chi connectivity index (χ2n) is 11.7. The molecule has 2 aliphatic carbocycles. The van der Waals surface area contributed by atoms with E-state index in [1.54, 1.807) is 33.8 Å². The molecule has 3 aliphatic heterocycles. The van der Waals surface area contributed by atoms with Gasteiger partial charge in [-0.2, -0.15) is 0 Å². The number of esters is 4. The molecule has 36 heavy (non-hydrogen) atoms. The molecular weight excluding hydrogens is 468 g/mol. The summed E-state index contributed by atoms with van der Waals surface area (Å²) >= 11 is 0. The molecule has 194 valence electrons. The lowest BCUT2D eigenvalue weighted by molar-refractivity contribution is -0.233. The minimum atomic E-state index is -2.34. The van der Waals surface area contributed by atoms with E-state index in [9.17, 15) is 24.3 Å². The van der Waals surface area contributed by atoms with E-state index in [4.69, 9.17) is 18.9 Å². The lowest BCUT2D eigenvalue weighted by Crippen LogP contribution is -2.76. The van der Waals surface area contributed by atoms with Crippen LogP contribution in [0.25, 0.3) is 0 Å². The molecule has 2 saturated heterocycles. The van der Waals surface area contributed by atoms with Crippen LogP contribution >= 0.6 is 0 Å². The molecule has 2 spiro atoms. The van der Waals surface area contributed by atoms with Crippen LogP contribution in [0.5, 0.6) is 0 Å². The number of aliphatic hydroxyl groups is 1. The zero-order valence-electron chi connectivity index (χ0n) is 21.6. The molecule has 0 aromatic carbocycles. The van der Waals surface area contributed by atoms with Gasteiger partial charge in [-0.3, -0.25) is 9.59 Å². The average molecular weight is 501 g/mol. The first kappa shape index (κ1) is 24.7. The molecule has 3 fully saturated rings. The monoisotopic (exact) mass is 500 g/mol. The second-order valence-corrected chi connectivity index (χ2v) is 11.7. The summed E-state index contributed by atoms with van der Waals surface area (Å²) in [6, 6.07) is 0. The Hall–Kier alpha value is -2.94. The molecule has 1 saturated carbocycles. The van der Waals surface area contributed by atoms with Crippen molar-refractivity contribution in [3.63, 3.8) is 0 Å². The highest BCUT2D eigenvalue weighted by molar-refractivity contribution is 6.01. The van der Waals surface area contributed by atoms with Gasteiger partial charge in [0.25, 0.3) is 0 Å². The van der Waals surface area contributed by atoms with E-state index in [1.807, 2.05) is 6.92 Å². The van der Waals surface area contributed by atoms with Gasteiger partial charge in [0.15, 0.2) is 0 Å². The first-order valence-corrected chi connectivity index (χ1v) is 12.1. The van der Waals surface area contributed by atoms with E-state index < -0.39 is 69.1 Å². The van der Waals surface area contributed by atoms with Crippen LogP contribution in [0, 0.1) is 16.2 Å². The van der Waals surface area contributed by atoms with E-state index in [1.165, 1.54) is 19.9 Å². The lowest BCUT2D eigenvalue weighted by Gasteiger charge is -2.67. The highest BCUT2D eigenvalue weighted by atomic mass is 16.6. The summed E-state index contributed by atoms with van der Waals surface area (Å²) in [4.78, 5) is 51.8. The number of carbonyl (C=O) groups excluding carboxylic acids is 4. The molecule has 9 nitrogen and oxygen atoms in total. The zero-order valence-corrected chi connectivity index (χ0v) is 21.6. The van der Waals surface area contributed by atoms with Crippen LogP contribution in [-0.4, -0.2) is 58.0 Å². The summed E-state index contributed by atoms with van der Waals surface area (Å²) < 4.78 is 23.1. The highest BCUT2D eigenvalue weighted by Gasteiger charge is 2.86. The van der Waals surface area contributed by atoms with Gasteiger partial charge >= 0.3 is 23.9 Å².